The van der Waals surface area contributed by atoms with E-state index in [2.05, 4.69) is 34.4 Å². The molecule has 1 amide bonds. The summed E-state index contributed by atoms with van der Waals surface area (Å²) in [6.45, 7) is 8.11. The normalized spacial score (nSPS) is 14.9. The molecule has 5 heteroatoms. The van der Waals surface area contributed by atoms with Gasteiger partial charge in [-0.05, 0) is 57.0 Å². The highest BCUT2D eigenvalue weighted by Crippen LogP contribution is 2.17. The molecule has 2 heterocycles. The molecule has 1 aliphatic rings. The topological polar surface area (TPSA) is 50.2 Å². The zero-order valence-electron chi connectivity index (χ0n) is 14.6. The fourth-order valence-corrected chi connectivity index (χ4v) is 3.23. The number of carbonyl (C=O) groups is 1. The van der Waals surface area contributed by atoms with Crippen LogP contribution in [0, 0.1) is 6.92 Å². The van der Waals surface area contributed by atoms with E-state index in [9.17, 15) is 4.79 Å². The third-order valence-electron chi connectivity index (χ3n) is 4.43. The number of hydrogen-bond acceptors (Lipinski definition) is 3. The van der Waals surface area contributed by atoms with E-state index in [0.29, 0.717) is 5.56 Å². The zero-order chi connectivity index (χ0) is 16.9. The van der Waals surface area contributed by atoms with E-state index in [1.54, 1.807) is 0 Å². The number of nitrogens with zero attached hydrogens (tertiary/aromatic N) is 3. The van der Waals surface area contributed by atoms with Crippen LogP contribution in [-0.4, -0.2) is 33.7 Å². The molecule has 1 aliphatic heterocycles. The second kappa shape index (κ2) is 7.62. The van der Waals surface area contributed by atoms with Gasteiger partial charge in [-0.2, -0.15) is 5.10 Å². The summed E-state index contributed by atoms with van der Waals surface area (Å²) >= 11 is 0. The molecule has 0 atom stereocenters. The highest BCUT2D eigenvalue weighted by Gasteiger charge is 2.15. The number of hydrogen-bond donors (Lipinski definition) is 1. The Morgan fingerprint density at radius 1 is 1.29 bits per heavy atom. The van der Waals surface area contributed by atoms with E-state index >= 15 is 0 Å². The first-order valence-electron chi connectivity index (χ1n) is 8.82. The van der Waals surface area contributed by atoms with E-state index in [4.69, 9.17) is 0 Å². The molecule has 128 valence electrons. The third-order valence-corrected chi connectivity index (χ3v) is 4.43. The second-order valence-corrected chi connectivity index (χ2v) is 6.53. The van der Waals surface area contributed by atoms with Gasteiger partial charge in [-0.3, -0.25) is 14.4 Å². The van der Waals surface area contributed by atoms with Crippen LogP contribution in [0.25, 0.3) is 0 Å². The van der Waals surface area contributed by atoms with E-state index in [1.165, 1.54) is 31.5 Å². The highest BCUT2D eigenvalue weighted by atomic mass is 16.1. The molecule has 0 aliphatic carbocycles. The molecule has 5 nitrogen and oxygen atoms in total. The molecule has 1 N–H and O–H groups in total. The van der Waals surface area contributed by atoms with Gasteiger partial charge in [0.25, 0.3) is 5.91 Å². The molecule has 0 unspecified atom stereocenters. The Bertz CT molecular complexity index is 701. The van der Waals surface area contributed by atoms with Crippen LogP contribution in [0.4, 0.5) is 5.69 Å². The van der Waals surface area contributed by atoms with Crippen LogP contribution < -0.4 is 5.32 Å². The Morgan fingerprint density at radius 2 is 2.08 bits per heavy atom. The van der Waals surface area contributed by atoms with Crippen LogP contribution in [-0.2, 0) is 13.1 Å². The van der Waals surface area contributed by atoms with Crippen molar-refractivity contribution >= 4 is 11.6 Å². The van der Waals surface area contributed by atoms with Crippen molar-refractivity contribution < 1.29 is 4.79 Å². The van der Waals surface area contributed by atoms with Crippen molar-refractivity contribution in [2.75, 3.05) is 18.4 Å². The van der Waals surface area contributed by atoms with Gasteiger partial charge in [0.15, 0.2) is 0 Å². The smallest absolute Gasteiger partial charge is 0.259 e. The van der Waals surface area contributed by atoms with Crippen LogP contribution in [0.2, 0.25) is 0 Å². The minimum Gasteiger partial charge on any atom is -0.322 e. The molecule has 0 saturated carbocycles. The molecule has 1 aromatic carbocycles. The summed E-state index contributed by atoms with van der Waals surface area (Å²) in [7, 11) is 0. The summed E-state index contributed by atoms with van der Waals surface area (Å²) in [5, 5.41) is 7.41. The quantitative estimate of drug-likeness (QED) is 0.884. The van der Waals surface area contributed by atoms with Gasteiger partial charge in [0, 0.05) is 25.0 Å². The SMILES string of the molecule is CCCn1cc(C(=O)Nc2cccc(CN3CCCC3)c2)c(C)n1. The van der Waals surface area contributed by atoms with Crippen LogP contribution >= 0.6 is 0 Å². The largest absolute Gasteiger partial charge is 0.322 e. The molecule has 1 fully saturated rings. The number of aromatic nitrogens is 2. The van der Waals surface area contributed by atoms with E-state index in [1.807, 2.05) is 29.9 Å². The second-order valence-electron chi connectivity index (χ2n) is 6.53. The molecular formula is C19H26N4O. The average molecular weight is 326 g/mol. The minimum atomic E-state index is -0.0897. The number of rotatable bonds is 6. The maximum absolute atomic E-state index is 12.5. The molecule has 0 spiro atoms. The summed E-state index contributed by atoms with van der Waals surface area (Å²) in [5.41, 5.74) is 3.51. The van der Waals surface area contributed by atoms with Crippen molar-refractivity contribution in [2.45, 2.75) is 46.2 Å². The number of nitrogens with one attached hydrogen (secondary N) is 1. The third kappa shape index (κ3) is 4.03. The molecule has 0 bridgehead atoms. The number of amides is 1. The Morgan fingerprint density at radius 3 is 2.83 bits per heavy atom. The molecular weight excluding hydrogens is 300 g/mol. The molecule has 3 rings (SSSR count). The predicted octanol–water partition coefficient (Wildman–Crippen LogP) is 3.45. The highest BCUT2D eigenvalue weighted by molar-refractivity contribution is 6.04. The summed E-state index contributed by atoms with van der Waals surface area (Å²) in [5.74, 6) is -0.0897. The molecule has 24 heavy (non-hydrogen) atoms. The van der Waals surface area contributed by atoms with Crippen molar-refractivity contribution in [3.05, 3.63) is 47.3 Å². The average Bonchev–Trinajstić information content (AvgIpc) is 3.18. The first kappa shape index (κ1) is 16.7. The van der Waals surface area contributed by atoms with Crippen molar-refractivity contribution in [3.63, 3.8) is 0 Å². The van der Waals surface area contributed by atoms with Crippen LogP contribution in [0.15, 0.2) is 30.5 Å². The Kier molecular flexibility index (Phi) is 5.30. The molecule has 2 aromatic rings. The van der Waals surface area contributed by atoms with E-state index in [0.717, 1.165) is 30.9 Å². The van der Waals surface area contributed by atoms with Crippen molar-refractivity contribution in [1.29, 1.82) is 0 Å². The van der Waals surface area contributed by atoms with Gasteiger partial charge in [-0.25, -0.2) is 0 Å². The maximum atomic E-state index is 12.5. The lowest BCUT2D eigenvalue weighted by Gasteiger charge is -2.15. The Labute approximate surface area is 143 Å². The van der Waals surface area contributed by atoms with E-state index < -0.39 is 0 Å². The number of benzene rings is 1. The molecule has 1 saturated heterocycles. The van der Waals surface area contributed by atoms with Crippen LogP contribution in [0.1, 0.15) is 47.8 Å². The van der Waals surface area contributed by atoms with Gasteiger partial charge in [0.2, 0.25) is 0 Å². The lowest BCUT2D eigenvalue weighted by atomic mass is 10.1. The number of anilines is 1. The summed E-state index contributed by atoms with van der Waals surface area (Å²) in [6.07, 6.45) is 5.41. The van der Waals surface area contributed by atoms with Gasteiger partial charge in [0.05, 0.1) is 11.3 Å². The Balaban J connectivity index is 1.67. The van der Waals surface area contributed by atoms with Gasteiger partial charge in [0.1, 0.15) is 0 Å². The minimum absolute atomic E-state index is 0.0897. The number of aryl methyl sites for hydroxylation is 2. The summed E-state index contributed by atoms with van der Waals surface area (Å²) in [4.78, 5) is 15.0. The lowest BCUT2D eigenvalue weighted by molar-refractivity contribution is 0.102. The van der Waals surface area contributed by atoms with Crippen molar-refractivity contribution in [2.24, 2.45) is 0 Å². The Hall–Kier alpha value is -2.14. The van der Waals surface area contributed by atoms with Gasteiger partial charge < -0.3 is 5.32 Å². The van der Waals surface area contributed by atoms with Gasteiger partial charge in [-0.15, -0.1) is 0 Å². The van der Waals surface area contributed by atoms with E-state index in [-0.39, 0.29) is 5.91 Å². The van der Waals surface area contributed by atoms with Gasteiger partial charge in [-0.1, -0.05) is 19.1 Å². The lowest BCUT2D eigenvalue weighted by Crippen LogP contribution is -2.18. The van der Waals surface area contributed by atoms with Crippen molar-refractivity contribution in [3.8, 4) is 0 Å². The zero-order valence-corrected chi connectivity index (χ0v) is 14.6. The van der Waals surface area contributed by atoms with Crippen LogP contribution in [0.3, 0.4) is 0 Å². The number of likely N-dealkylation sites (tertiary alicyclic amines) is 1. The first-order valence-corrected chi connectivity index (χ1v) is 8.82. The molecule has 1 aromatic heterocycles. The summed E-state index contributed by atoms with van der Waals surface area (Å²) < 4.78 is 1.84. The number of carbonyl (C=O) groups excluding carboxylic acids is 1. The maximum Gasteiger partial charge on any atom is 0.259 e. The predicted molar refractivity (Wildman–Crippen MR) is 96.2 cm³/mol. The molecule has 0 radical (unpaired) electrons. The monoisotopic (exact) mass is 326 g/mol. The van der Waals surface area contributed by atoms with Crippen molar-refractivity contribution in [1.82, 2.24) is 14.7 Å². The fourth-order valence-electron chi connectivity index (χ4n) is 3.23. The van der Waals surface area contributed by atoms with Gasteiger partial charge >= 0.3 is 0 Å². The fraction of sp³-hybridized carbons (Fsp3) is 0.474. The first-order chi connectivity index (χ1) is 11.7. The van der Waals surface area contributed by atoms with Crippen LogP contribution in [0.5, 0.6) is 0 Å². The summed E-state index contributed by atoms with van der Waals surface area (Å²) in [6, 6.07) is 8.14. The standard InChI is InChI=1S/C19H26N4O/c1-3-9-23-14-18(15(2)21-23)19(24)20-17-8-6-7-16(12-17)13-22-10-4-5-11-22/h6-8,12,14H,3-5,9-11,13H2,1-2H3,(H,20,24).